The largest absolute Gasteiger partial charge is 0.289 e. The predicted molar refractivity (Wildman–Crippen MR) is 54.8 cm³/mol. The maximum atomic E-state index is 11.8. The van der Waals surface area contributed by atoms with Gasteiger partial charge in [0.15, 0.2) is 0 Å². The van der Waals surface area contributed by atoms with Gasteiger partial charge in [0.05, 0.1) is 0 Å². The molecule has 2 bridgehead atoms. The summed E-state index contributed by atoms with van der Waals surface area (Å²) < 4.78 is 0. The molecule has 3 nitrogen and oxygen atoms in total. The zero-order valence-corrected chi connectivity index (χ0v) is 9.31. The average Bonchev–Trinajstić information content (AvgIpc) is 2.59. The number of carbonyl (C=O) groups is 2. The molecular weight excluding hydrogens is 190 g/mol. The summed E-state index contributed by atoms with van der Waals surface area (Å²) in [7, 11) is 0. The van der Waals surface area contributed by atoms with Crippen molar-refractivity contribution >= 4 is 11.8 Å². The average molecular weight is 205 g/mol. The monoisotopic (exact) mass is 205 g/mol. The molecule has 1 saturated carbocycles. The van der Waals surface area contributed by atoms with Crippen LogP contribution >= 0.6 is 0 Å². The zero-order valence-electron chi connectivity index (χ0n) is 9.31. The van der Waals surface area contributed by atoms with E-state index in [1.54, 1.807) is 0 Å². The van der Waals surface area contributed by atoms with Gasteiger partial charge in [0.2, 0.25) is 0 Å². The van der Waals surface area contributed by atoms with E-state index in [-0.39, 0.29) is 28.6 Å². The second kappa shape index (κ2) is 2.18. The van der Waals surface area contributed by atoms with Gasteiger partial charge in [-0.3, -0.25) is 14.9 Å². The smallest absolute Gasteiger partial charge is 0.255 e. The van der Waals surface area contributed by atoms with Crippen molar-refractivity contribution in [3.8, 4) is 0 Å². The lowest BCUT2D eigenvalue weighted by Crippen LogP contribution is -2.37. The second-order valence-electron chi connectivity index (χ2n) is 5.72. The highest BCUT2D eigenvalue weighted by Gasteiger charge is 2.65. The van der Waals surface area contributed by atoms with Crippen molar-refractivity contribution in [1.29, 1.82) is 0 Å². The molecule has 1 heterocycles. The van der Waals surface area contributed by atoms with E-state index in [4.69, 9.17) is 0 Å². The molecule has 2 unspecified atom stereocenters. The van der Waals surface area contributed by atoms with Gasteiger partial charge in [0.25, 0.3) is 11.8 Å². The number of rotatable bonds is 0. The van der Waals surface area contributed by atoms with Gasteiger partial charge in [-0.05, 0) is 24.2 Å². The maximum absolute atomic E-state index is 11.8. The highest BCUT2D eigenvalue weighted by molar-refractivity contribution is 6.21. The summed E-state index contributed by atoms with van der Waals surface area (Å²) >= 11 is 0. The zero-order chi connectivity index (χ0) is 11.0. The molecule has 3 rings (SSSR count). The molecule has 1 aliphatic heterocycles. The number of hydrogen-bond acceptors (Lipinski definition) is 2. The van der Waals surface area contributed by atoms with E-state index in [1.165, 1.54) is 0 Å². The Morgan fingerprint density at radius 2 is 1.87 bits per heavy atom. The summed E-state index contributed by atoms with van der Waals surface area (Å²) in [4.78, 5) is 23.5. The molecule has 2 amide bonds. The summed E-state index contributed by atoms with van der Waals surface area (Å²) in [6.45, 7) is 6.50. The summed E-state index contributed by atoms with van der Waals surface area (Å²) in [6.07, 6.45) is 2.08. The molecule has 0 saturated heterocycles. The molecule has 80 valence electrons. The van der Waals surface area contributed by atoms with Gasteiger partial charge in [0, 0.05) is 16.6 Å². The third-order valence-electron chi connectivity index (χ3n) is 5.09. The molecule has 0 aromatic rings. The molecule has 0 aromatic heterocycles. The molecule has 0 spiro atoms. The summed E-state index contributed by atoms with van der Waals surface area (Å²) in [5.41, 5.74) is 1.54. The van der Waals surface area contributed by atoms with E-state index in [2.05, 4.69) is 26.1 Å². The lowest BCUT2D eigenvalue weighted by molar-refractivity contribution is -0.125. The van der Waals surface area contributed by atoms with E-state index in [0.29, 0.717) is 0 Å². The van der Waals surface area contributed by atoms with Crippen LogP contribution in [0.25, 0.3) is 0 Å². The molecule has 1 N–H and O–H groups in total. The molecule has 3 heteroatoms. The molecule has 15 heavy (non-hydrogen) atoms. The summed E-state index contributed by atoms with van der Waals surface area (Å²) in [6, 6.07) is 0. The van der Waals surface area contributed by atoms with E-state index in [9.17, 15) is 9.59 Å². The van der Waals surface area contributed by atoms with Crippen LogP contribution in [0.5, 0.6) is 0 Å². The van der Waals surface area contributed by atoms with Gasteiger partial charge in [-0.1, -0.05) is 20.8 Å². The minimum Gasteiger partial charge on any atom is -0.289 e. The SMILES string of the molecule is CC12CCC(C3=C1C(=O)NC3=O)C2(C)C. The lowest BCUT2D eigenvalue weighted by Gasteiger charge is -2.36. The Morgan fingerprint density at radius 1 is 1.20 bits per heavy atom. The fourth-order valence-electron chi connectivity index (χ4n) is 3.80. The Bertz CT molecular complexity index is 433. The minimum absolute atomic E-state index is 0.0606. The number of amides is 2. The first-order valence-corrected chi connectivity index (χ1v) is 5.50. The maximum Gasteiger partial charge on any atom is 0.255 e. The first-order valence-electron chi connectivity index (χ1n) is 5.50. The molecule has 0 radical (unpaired) electrons. The van der Waals surface area contributed by atoms with Crippen LogP contribution in [-0.4, -0.2) is 11.8 Å². The fraction of sp³-hybridized carbons (Fsp3) is 0.667. The Morgan fingerprint density at radius 3 is 2.47 bits per heavy atom. The Balaban J connectivity index is 2.27. The lowest BCUT2D eigenvalue weighted by atomic mass is 9.67. The summed E-state index contributed by atoms with van der Waals surface area (Å²) in [5, 5.41) is 2.43. The van der Waals surface area contributed by atoms with Crippen LogP contribution in [0.2, 0.25) is 0 Å². The van der Waals surface area contributed by atoms with Crippen molar-refractivity contribution in [3.63, 3.8) is 0 Å². The van der Waals surface area contributed by atoms with Crippen molar-refractivity contribution in [1.82, 2.24) is 5.32 Å². The van der Waals surface area contributed by atoms with Crippen LogP contribution in [-0.2, 0) is 9.59 Å². The third kappa shape index (κ3) is 0.724. The van der Waals surface area contributed by atoms with Crippen LogP contribution in [0.1, 0.15) is 33.6 Å². The van der Waals surface area contributed by atoms with Crippen molar-refractivity contribution in [2.24, 2.45) is 16.7 Å². The number of nitrogens with one attached hydrogen (secondary N) is 1. The van der Waals surface area contributed by atoms with Gasteiger partial charge in [-0.15, -0.1) is 0 Å². The van der Waals surface area contributed by atoms with E-state index < -0.39 is 0 Å². The van der Waals surface area contributed by atoms with Crippen LogP contribution in [0.3, 0.4) is 0 Å². The van der Waals surface area contributed by atoms with Crippen molar-refractivity contribution in [2.75, 3.05) is 0 Å². The van der Waals surface area contributed by atoms with E-state index in [0.717, 1.165) is 24.0 Å². The minimum atomic E-state index is -0.146. The molecule has 1 fully saturated rings. The highest BCUT2D eigenvalue weighted by atomic mass is 16.2. The molecular formula is C12H15NO2. The van der Waals surface area contributed by atoms with Crippen molar-refractivity contribution in [3.05, 3.63) is 11.1 Å². The number of fused-ring (bicyclic) bond motifs is 4. The van der Waals surface area contributed by atoms with Crippen molar-refractivity contribution < 1.29 is 9.59 Å². The Hall–Kier alpha value is -1.12. The quantitative estimate of drug-likeness (QED) is 0.607. The van der Waals surface area contributed by atoms with E-state index in [1.807, 2.05) is 0 Å². The Labute approximate surface area is 88.9 Å². The molecule has 0 aromatic carbocycles. The number of hydrogen-bond donors (Lipinski definition) is 1. The van der Waals surface area contributed by atoms with Gasteiger partial charge >= 0.3 is 0 Å². The van der Waals surface area contributed by atoms with Crippen LogP contribution < -0.4 is 5.32 Å². The van der Waals surface area contributed by atoms with Gasteiger partial charge in [-0.25, -0.2) is 0 Å². The van der Waals surface area contributed by atoms with Gasteiger partial charge in [-0.2, -0.15) is 0 Å². The highest BCUT2D eigenvalue weighted by Crippen LogP contribution is 2.68. The fourth-order valence-corrected chi connectivity index (χ4v) is 3.80. The first-order chi connectivity index (χ1) is 6.89. The van der Waals surface area contributed by atoms with Gasteiger partial charge in [0.1, 0.15) is 0 Å². The topological polar surface area (TPSA) is 46.2 Å². The van der Waals surface area contributed by atoms with Crippen molar-refractivity contribution in [2.45, 2.75) is 33.6 Å². The number of imide groups is 1. The number of carbonyl (C=O) groups excluding carboxylic acids is 2. The predicted octanol–water partition coefficient (Wildman–Crippen LogP) is 1.40. The first kappa shape index (κ1) is 9.13. The third-order valence-corrected chi connectivity index (χ3v) is 5.09. The van der Waals surface area contributed by atoms with Crippen LogP contribution in [0.4, 0.5) is 0 Å². The normalized spacial score (nSPS) is 41.1. The molecule has 2 atom stereocenters. The Kier molecular flexibility index (Phi) is 1.33. The van der Waals surface area contributed by atoms with Gasteiger partial charge < -0.3 is 0 Å². The summed E-state index contributed by atoms with van der Waals surface area (Å²) in [5.74, 6) is -0.00627. The second-order valence-corrected chi connectivity index (χ2v) is 5.72. The van der Waals surface area contributed by atoms with Crippen LogP contribution in [0.15, 0.2) is 11.1 Å². The van der Waals surface area contributed by atoms with E-state index >= 15 is 0 Å². The molecule has 2 aliphatic carbocycles. The molecule has 3 aliphatic rings. The standard InChI is InChI=1S/C12H15NO2/c1-11(2)6-4-5-12(11,3)8-7(6)9(14)13-10(8)15/h6H,4-5H2,1-3H3,(H,13,14,15). The van der Waals surface area contributed by atoms with Crippen LogP contribution in [0, 0.1) is 16.7 Å².